The average Bonchev–Trinajstić information content (AvgIpc) is 2.37. The number of carbonyl (C=O) groups is 1. The maximum atomic E-state index is 12.3. The van der Waals surface area contributed by atoms with E-state index >= 15 is 0 Å². The van der Waals surface area contributed by atoms with E-state index in [1.54, 1.807) is 19.2 Å². The summed E-state index contributed by atoms with van der Waals surface area (Å²) in [5.74, 6) is 0.518. The molecule has 0 fully saturated rings. The standard InChI is InChI=1S/C15H22BrNO2/c1-15(2,3)13(9-10-16)17-14(18)11-7-5-6-8-12(11)19-4/h5-8,13H,9-10H2,1-4H3,(H,17,18). The number of alkyl halides is 1. The molecule has 1 N–H and O–H groups in total. The van der Waals surface area contributed by atoms with Gasteiger partial charge in [-0.3, -0.25) is 4.79 Å². The summed E-state index contributed by atoms with van der Waals surface area (Å²) in [6.07, 6.45) is 0.893. The molecule has 1 unspecified atom stereocenters. The Kier molecular flexibility index (Phi) is 5.85. The summed E-state index contributed by atoms with van der Waals surface area (Å²) in [6, 6.07) is 7.39. The van der Waals surface area contributed by atoms with Crippen LogP contribution in [-0.4, -0.2) is 24.4 Å². The SMILES string of the molecule is COc1ccccc1C(=O)NC(CCBr)C(C)(C)C. The molecule has 0 heterocycles. The summed E-state index contributed by atoms with van der Waals surface area (Å²) in [7, 11) is 1.58. The fourth-order valence-corrected chi connectivity index (χ4v) is 2.36. The van der Waals surface area contributed by atoms with E-state index in [4.69, 9.17) is 4.74 Å². The molecule has 0 radical (unpaired) electrons. The second-order valence-corrected chi connectivity index (χ2v) is 6.36. The van der Waals surface area contributed by atoms with Gasteiger partial charge in [-0.15, -0.1) is 0 Å². The van der Waals surface area contributed by atoms with Crippen LogP contribution in [0, 0.1) is 5.41 Å². The van der Waals surface area contributed by atoms with E-state index in [2.05, 4.69) is 42.0 Å². The van der Waals surface area contributed by atoms with Crippen molar-refractivity contribution in [1.82, 2.24) is 5.32 Å². The molecular weight excluding hydrogens is 306 g/mol. The Morgan fingerprint density at radius 2 is 2.00 bits per heavy atom. The fourth-order valence-electron chi connectivity index (χ4n) is 1.90. The van der Waals surface area contributed by atoms with Crippen molar-refractivity contribution < 1.29 is 9.53 Å². The molecule has 1 aromatic rings. The third-order valence-corrected chi connectivity index (χ3v) is 3.56. The van der Waals surface area contributed by atoms with Crippen LogP contribution in [0.25, 0.3) is 0 Å². The van der Waals surface area contributed by atoms with Crippen molar-refractivity contribution in [1.29, 1.82) is 0 Å². The lowest BCUT2D eigenvalue weighted by atomic mass is 9.85. The van der Waals surface area contributed by atoms with Crippen LogP contribution < -0.4 is 10.1 Å². The third-order valence-electron chi connectivity index (χ3n) is 3.10. The molecule has 0 spiro atoms. The quantitative estimate of drug-likeness (QED) is 0.839. The zero-order valence-electron chi connectivity index (χ0n) is 12.0. The first kappa shape index (κ1) is 16.0. The Hall–Kier alpha value is -1.03. The summed E-state index contributed by atoms with van der Waals surface area (Å²) in [5.41, 5.74) is 0.597. The van der Waals surface area contributed by atoms with Gasteiger partial charge in [0.15, 0.2) is 0 Å². The monoisotopic (exact) mass is 327 g/mol. The molecule has 1 atom stereocenters. The van der Waals surface area contributed by atoms with Crippen LogP contribution in [-0.2, 0) is 0 Å². The molecule has 106 valence electrons. The minimum atomic E-state index is -0.0849. The molecule has 1 aromatic carbocycles. The van der Waals surface area contributed by atoms with E-state index in [0.717, 1.165) is 11.8 Å². The largest absolute Gasteiger partial charge is 0.496 e. The van der Waals surface area contributed by atoms with Crippen molar-refractivity contribution in [3.05, 3.63) is 29.8 Å². The molecule has 0 saturated heterocycles. The number of benzene rings is 1. The maximum absolute atomic E-state index is 12.3. The summed E-state index contributed by atoms with van der Waals surface area (Å²) in [5, 5.41) is 3.96. The van der Waals surface area contributed by atoms with Gasteiger partial charge in [0.05, 0.1) is 12.7 Å². The van der Waals surface area contributed by atoms with E-state index in [1.165, 1.54) is 0 Å². The van der Waals surface area contributed by atoms with Gasteiger partial charge in [0.25, 0.3) is 5.91 Å². The van der Waals surface area contributed by atoms with Crippen molar-refractivity contribution >= 4 is 21.8 Å². The second-order valence-electron chi connectivity index (χ2n) is 5.57. The number of hydrogen-bond acceptors (Lipinski definition) is 2. The highest BCUT2D eigenvalue weighted by molar-refractivity contribution is 9.09. The van der Waals surface area contributed by atoms with E-state index < -0.39 is 0 Å². The molecule has 0 bridgehead atoms. The lowest BCUT2D eigenvalue weighted by molar-refractivity contribution is 0.0897. The van der Waals surface area contributed by atoms with Gasteiger partial charge < -0.3 is 10.1 Å². The molecule has 0 aliphatic rings. The number of carbonyl (C=O) groups excluding carboxylic acids is 1. The zero-order valence-corrected chi connectivity index (χ0v) is 13.6. The molecule has 3 nitrogen and oxygen atoms in total. The topological polar surface area (TPSA) is 38.3 Å². The molecule has 4 heteroatoms. The van der Waals surface area contributed by atoms with Gasteiger partial charge >= 0.3 is 0 Å². The Labute approximate surface area is 123 Å². The minimum Gasteiger partial charge on any atom is -0.496 e. The van der Waals surface area contributed by atoms with Crippen molar-refractivity contribution in [3.63, 3.8) is 0 Å². The molecule has 0 saturated carbocycles. The maximum Gasteiger partial charge on any atom is 0.255 e. The van der Waals surface area contributed by atoms with E-state index in [9.17, 15) is 4.79 Å². The average molecular weight is 328 g/mol. The smallest absolute Gasteiger partial charge is 0.255 e. The summed E-state index contributed by atoms with van der Waals surface area (Å²) in [6.45, 7) is 6.38. The second kappa shape index (κ2) is 6.94. The number of hydrogen-bond donors (Lipinski definition) is 1. The first-order chi connectivity index (χ1) is 8.90. The normalized spacial score (nSPS) is 12.9. The van der Waals surface area contributed by atoms with Crippen LogP contribution in [0.4, 0.5) is 0 Å². The lowest BCUT2D eigenvalue weighted by Gasteiger charge is -2.31. The van der Waals surface area contributed by atoms with Crippen LogP contribution >= 0.6 is 15.9 Å². The van der Waals surface area contributed by atoms with Gasteiger partial charge in [-0.1, -0.05) is 48.8 Å². The van der Waals surface area contributed by atoms with Crippen LogP contribution in [0.5, 0.6) is 5.75 Å². The number of ether oxygens (including phenoxy) is 1. The van der Waals surface area contributed by atoms with Crippen LogP contribution in [0.15, 0.2) is 24.3 Å². The summed E-state index contributed by atoms with van der Waals surface area (Å²) in [4.78, 5) is 12.3. The Morgan fingerprint density at radius 1 is 1.37 bits per heavy atom. The number of rotatable bonds is 5. The van der Waals surface area contributed by atoms with Crippen molar-refractivity contribution in [2.24, 2.45) is 5.41 Å². The number of halogens is 1. The fraction of sp³-hybridized carbons (Fsp3) is 0.533. The first-order valence-corrected chi connectivity index (χ1v) is 7.52. The van der Waals surface area contributed by atoms with Crippen LogP contribution in [0.3, 0.4) is 0 Å². The number of amides is 1. The number of para-hydroxylation sites is 1. The highest BCUT2D eigenvalue weighted by atomic mass is 79.9. The van der Waals surface area contributed by atoms with E-state index in [1.807, 2.05) is 12.1 Å². The number of methoxy groups -OCH3 is 1. The van der Waals surface area contributed by atoms with Gasteiger partial charge in [0.2, 0.25) is 0 Å². The van der Waals surface area contributed by atoms with Gasteiger partial charge in [-0.25, -0.2) is 0 Å². The molecule has 0 aliphatic heterocycles. The highest BCUT2D eigenvalue weighted by Crippen LogP contribution is 2.24. The highest BCUT2D eigenvalue weighted by Gasteiger charge is 2.26. The molecule has 1 rings (SSSR count). The molecule has 0 aromatic heterocycles. The molecule has 0 aliphatic carbocycles. The van der Waals surface area contributed by atoms with Gasteiger partial charge in [-0.05, 0) is 24.0 Å². The van der Waals surface area contributed by atoms with Gasteiger partial charge in [-0.2, -0.15) is 0 Å². The van der Waals surface area contributed by atoms with Crippen molar-refractivity contribution in [3.8, 4) is 5.75 Å². The van der Waals surface area contributed by atoms with Crippen molar-refractivity contribution in [2.75, 3.05) is 12.4 Å². The zero-order chi connectivity index (χ0) is 14.5. The minimum absolute atomic E-state index is 0.0193. The predicted octanol–water partition coefficient (Wildman–Crippen LogP) is 3.62. The summed E-state index contributed by atoms with van der Waals surface area (Å²) >= 11 is 3.44. The Morgan fingerprint density at radius 3 is 2.53 bits per heavy atom. The predicted molar refractivity (Wildman–Crippen MR) is 82.1 cm³/mol. The van der Waals surface area contributed by atoms with Crippen LogP contribution in [0.2, 0.25) is 0 Å². The molecule has 1 amide bonds. The van der Waals surface area contributed by atoms with Gasteiger partial charge in [0, 0.05) is 11.4 Å². The summed E-state index contributed by atoms with van der Waals surface area (Å²) < 4.78 is 5.22. The van der Waals surface area contributed by atoms with E-state index in [0.29, 0.717) is 11.3 Å². The van der Waals surface area contributed by atoms with Crippen LogP contribution in [0.1, 0.15) is 37.6 Å². The molecule has 19 heavy (non-hydrogen) atoms. The Bertz CT molecular complexity index is 426. The van der Waals surface area contributed by atoms with Gasteiger partial charge in [0.1, 0.15) is 5.75 Å². The van der Waals surface area contributed by atoms with E-state index in [-0.39, 0.29) is 17.4 Å². The third kappa shape index (κ3) is 4.53. The molecular formula is C15H22BrNO2. The lowest BCUT2D eigenvalue weighted by Crippen LogP contribution is -2.44. The Balaban J connectivity index is 2.88. The number of nitrogens with one attached hydrogen (secondary N) is 1. The first-order valence-electron chi connectivity index (χ1n) is 6.40. The van der Waals surface area contributed by atoms with Crippen molar-refractivity contribution in [2.45, 2.75) is 33.2 Å².